The largest absolute Gasteiger partial charge is 0.454 e. The summed E-state index contributed by atoms with van der Waals surface area (Å²) in [5, 5.41) is 10.7. The molecule has 0 fully saturated rings. The molecule has 0 unspecified atom stereocenters. The minimum absolute atomic E-state index is 0.0000945. The number of rotatable bonds is 3. The first-order chi connectivity index (χ1) is 8.95. The van der Waals surface area contributed by atoms with Gasteiger partial charge in [-0.25, -0.2) is 4.39 Å². The molecule has 0 saturated heterocycles. The second-order valence-electron chi connectivity index (χ2n) is 4.05. The van der Waals surface area contributed by atoms with Crippen molar-refractivity contribution in [2.45, 2.75) is 6.92 Å². The molecule has 2 aromatic carbocycles. The van der Waals surface area contributed by atoms with E-state index in [1.807, 2.05) is 0 Å². The Kier molecular flexibility index (Phi) is 3.33. The molecule has 2 aromatic rings. The summed E-state index contributed by atoms with van der Waals surface area (Å²) in [4.78, 5) is 10.1. The lowest BCUT2D eigenvalue weighted by Gasteiger charge is -2.08. The Labute approximate surface area is 108 Å². The number of nitro benzene ring substituents is 1. The van der Waals surface area contributed by atoms with Gasteiger partial charge in [0.15, 0.2) is 11.6 Å². The predicted molar refractivity (Wildman–Crippen MR) is 68.7 cm³/mol. The van der Waals surface area contributed by atoms with E-state index in [1.165, 1.54) is 30.3 Å². The molecule has 0 aliphatic carbocycles. The predicted octanol–water partition coefficient (Wildman–Crippen LogP) is 3.42. The molecule has 2 N–H and O–H groups in total. The van der Waals surface area contributed by atoms with Crippen molar-refractivity contribution in [3.63, 3.8) is 0 Å². The Balaban J connectivity index is 2.38. The van der Waals surface area contributed by atoms with Gasteiger partial charge in [-0.1, -0.05) is 6.07 Å². The fourth-order valence-corrected chi connectivity index (χ4v) is 1.59. The third-order valence-corrected chi connectivity index (χ3v) is 2.44. The number of hydrogen-bond donors (Lipinski definition) is 1. The zero-order chi connectivity index (χ0) is 14.0. The summed E-state index contributed by atoms with van der Waals surface area (Å²) in [6.45, 7) is 1.79. The van der Waals surface area contributed by atoms with Gasteiger partial charge >= 0.3 is 0 Å². The molecule has 0 bridgehead atoms. The number of hydrogen-bond acceptors (Lipinski definition) is 4. The first kappa shape index (κ1) is 12.8. The average Bonchev–Trinajstić information content (AvgIpc) is 2.33. The lowest BCUT2D eigenvalue weighted by atomic mass is 10.2. The summed E-state index contributed by atoms with van der Waals surface area (Å²) in [6.07, 6.45) is 0. The number of nitrogen functional groups attached to an aromatic ring is 1. The van der Waals surface area contributed by atoms with Crippen LogP contribution in [0.4, 0.5) is 15.8 Å². The highest BCUT2D eigenvalue weighted by Gasteiger charge is 2.11. The normalized spacial score (nSPS) is 10.2. The fraction of sp³-hybridized carbons (Fsp3) is 0.0769. The van der Waals surface area contributed by atoms with Crippen LogP contribution in [-0.4, -0.2) is 4.92 Å². The molecular weight excluding hydrogens is 251 g/mol. The van der Waals surface area contributed by atoms with E-state index >= 15 is 0 Å². The number of nitrogens with two attached hydrogens (primary N) is 1. The number of nitro groups is 1. The smallest absolute Gasteiger partial charge is 0.275 e. The van der Waals surface area contributed by atoms with E-state index in [2.05, 4.69) is 0 Å². The van der Waals surface area contributed by atoms with Crippen LogP contribution in [0.15, 0.2) is 36.4 Å². The Bertz CT molecular complexity index is 644. The molecule has 0 saturated carbocycles. The number of halogens is 1. The van der Waals surface area contributed by atoms with Crippen LogP contribution in [0, 0.1) is 22.9 Å². The van der Waals surface area contributed by atoms with Crippen LogP contribution in [0.1, 0.15) is 5.56 Å². The first-order valence-electron chi connectivity index (χ1n) is 5.44. The first-order valence-corrected chi connectivity index (χ1v) is 5.44. The topological polar surface area (TPSA) is 78.4 Å². The van der Waals surface area contributed by atoms with Crippen LogP contribution < -0.4 is 10.5 Å². The summed E-state index contributed by atoms with van der Waals surface area (Å²) in [5.74, 6) is -0.424. The SMILES string of the molecule is Cc1ccc(F)c(Oc2cc(N)cc([N+](=O)[O-])c2)c1. The molecule has 19 heavy (non-hydrogen) atoms. The summed E-state index contributed by atoms with van der Waals surface area (Å²) < 4.78 is 18.8. The quantitative estimate of drug-likeness (QED) is 0.522. The van der Waals surface area contributed by atoms with E-state index in [0.29, 0.717) is 0 Å². The van der Waals surface area contributed by atoms with Crippen molar-refractivity contribution in [2.75, 3.05) is 5.73 Å². The zero-order valence-corrected chi connectivity index (χ0v) is 10.1. The summed E-state index contributed by atoms with van der Waals surface area (Å²) >= 11 is 0. The van der Waals surface area contributed by atoms with Crippen molar-refractivity contribution in [2.24, 2.45) is 0 Å². The van der Waals surface area contributed by atoms with E-state index < -0.39 is 10.7 Å². The summed E-state index contributed by atoms with van der Waals surface area (Å²) in [6, 6.07) is 8.17. The standard InChI is InChI=1S/C13H11FN2O3/c1-8-2-3-12(14)13(4-8)19-11-6-9(15)5-10(7-11)16(17)18/h2-7H,15H2,1H3. The molecule has 0 aromatic heterocycles. The fourth-order valence-electron chi connectivity index (χ4n) is 1.59. The number of aryl methyl sites for hydroxylation is 1. The molecule has 0 heterocycles. The van der Waals surface area contributed by atoms with E-state index in [4.69, 9.17) is 10.5 Å². The van der Waals surface area contributed by atoms with Crippen LogP contribution in [-0.2, 0) is 0 Å². The van der Waals surface area contributed by atoms with E-state index in [0.717, 1.165) is 5.56 Å². The van der Waals surface area contributed by atoms with Gasteiger partial charge in [-0.15, -0.1) is 0 Å². The van der Waals surface area contributed by atoms with Crippen LogP contribution >= 0.6 is 0 Å². The van der Waals surface area contributed by atoms with Crippen LogP contribution in [0.25, 0.3) is 0 Å². The Morgan fingerprint density at radius 3 is 2.68 bits per heavy atom. The van der Waals surface area contributed by atoms with E-state index in [1.54, 1.807) is 13.0 Å². The van der Waals surface area contributed by atoms with Crippen molar-refractivity contribution in [1.29, 1.82) is 0 Å². The zero-order valence-electron chi connectivity index (χ0n) is 10.1. The Morgan fingerprint density at radius 2 is 2.00 bits per heavy atom. The molecule has 0 amide bonds. The van der Waals surface area contributed by atoms with Gasteiger partial charge in [0.05, 0.1) is 11.0 Å². The van der Waals surface area contributed by atoms with Gasteiger partial charge in [0, 0.05) is 17.8 Å². The number of nitrogens with zero attached hydrogens (tertiary/aromatic N) is 1. The number of non-ortho nitro benzene ring substituents is 1. The lowest BCUT2D eigenvalue weighted by Crippen LogP contribution is -1.94. The Hall–Kier alpha value is -2.63. The van der Waals surface area contributed by atoms with Gasteiger partial charge < -0.3 is 10.5 Å². The molecule has 2 rings (SSSR count). The van der Waals surface area contributed by atoms with Crippen molar-refractivity contribution in [3.8, 4) is 11.5 Å². The second-order valence-corrected chi connectivity index (χ2v) is 4.05. The number of anilines is 1. The monoisotopic (exact) mass is 262 g/mol. The molecule has 5 nitrogen and oxygen atoms in total. The third kappa shape index (κ3) is 2.98. The van der Waals surface area contributed by atoms with Crippen molar-refractivity contribution >= 4 is 11.4 Å². The van der Waals surface area contributed by atoms with Crippen molar-refractivity contribution in [1.82, 2.24) is 0 Å². The van der Waals surface area contributed by atoms with Gasteiger partial charge in [0.2, 0.25) is 0 Å². The van der Waals surface area contributed by atoms with Gasteiger partial charge in [-0.2, -0.15) is 0 Å². The van der Waals surface area contributed by atoms with Crippen LogP contribution in [0.3, 0.4) is 0 Å². The minimum atomic E-state index is -0.587. The maximum atomic E-state index is 13.5. The summed E-state index contributed by atoms with van der Waals surface area (Å²) in [7, 11) is 0. The molecule has 98 valence electrons. The molecule has 0 spiro atoms. The van der Waals surface area contributed by atoms with Gasteiger partial charge in [-0.05, 0) is 24.6 Å². The van der Waals surface area contributed by atoms with E-state index in [-0.39, 0.29) is 22.9 Å². The molecule has 0 atom stereocenters. The van der Waals surface area contributed by atoms with Crippen LogP contribution in [0.5, 0.6) is 11.5 Å². The molecule has 0 aliphatic rings. The molecular formula is C13H11FN2O3. The number of benzene rings is 2. The van der Waals surface area contributed by atoms with Gasteiger partial charge in [0.25, 0.3) is 5.69 Å². The average molecular weight is 262 g/mol. The third-order valence-electron chi connectivity index (χ3n) is 2.44. The maximum absolute atomic E-state index is 13.5. The van der Waals surface area contributed by atoms with Crippen molar-refractivity contribution in [3.05, 3.63) is 57.9 Å². The van der Waals surface area contributed by atoms with Crippen molar-refractivity contribution < 1.29 is 14.1 Å². The Morgan fingerprint density at radius 1 is 1.26 bits per heavy atom. The minimum Gasteiger partial charge on any atom is -0.454 e. The molecule has 0 aliphatic heterocycles. The highest BCUT2D eigenvalue weighted by atomic mass is 19.1. The van der Waals surface area contributed by atoms with Gasteiger partial charge in [-0.3, -0.25) is 10.1 Å². The van der Waals surface area contributed by atoms with Crippen LogP contribution in [0.2, 0.25) is 0 Å². The van der Waals surface area contributed by atoms with Gasteiger partial charge in [0.1, 0.15) is 5.75 Å². The highest BCUT2D eigenvalue weighted by molar-refractivity contribution is 5.54. The molecule has 6 heteroatoms. The second kappa shape index (κ2) is 4.93. The number of ether oxygens (including phenoxy) is 1. The highest BCUT2D eigenvalue weighted by Crippen LogP contribution is 2.30. The summed E-state index contributed by atoms with van der Waals surface area (Å²) in [5.41, 5.74) is 6.33. The van der Waals surface area contributed by atoms with E-state index in [9.17, 15) is 14.5 Å². The molecule has 0 radical (unpaired) electrons. The maximum Gasteiger partial charge on any atom is 0.275 e. The lowest BCUT2D eigenvalue weighted by molar-refractivity contribution is -0.384.